The molecule has 0 aliphatic carbocycles. The second-order valence-corrected chi connectivity index (χ2v) is 4.54. The summed E-state index contributed by atoms with van der Waals surface area (Å²) >= 11 is 2.18. The molecule has 1 rings (SSSR count). The molecular formula is C10H14IN3O. The smallest absolute Gasteiger partial charge is 0.241 e. The Hall–Kier alpha value is -0.980. The molecule has 4 nitrogen and oxygen atoms in total. The first-order valence-corrected chi connectivity index (χ1v) is 5.57. The van der Waals surface area contributed by atoms with Gasteiger partial charge in [-0.15, -0.1) is 0 Å². The lowest BCUT2D eigenvalue weighted by atomic mass is 10.3. The van der Waals surface area contributed by atoms with E-state index in [9.17, 15) is 4.79 Å². The minimum Gasteiger partial charge on any atom is -0.399 e. The molecule has 1 aromatic rings. The molecule has 0 bridgehead atoms. The van der Waals surface area contributed by atoms with Gasteiger partial charge in [0.05, 0.1) is 6.54 Å². The summed E-state index contributed by atoms with van der Waals surface area (Å²) in [5, 5.41) is 3.07. The van der Waals surface area contributed by atoms with Crippen molar-refractivity contribution >= 4 is 39.9 Å². The number of nitrogens with zero attached hydrogens (tertiary/aromatic N) is 1. The number of hydrogen-bond donors (Lipinski definition) is 2. The quantitative estimate of drug-likeness (QED) is 0.654. The van der Waals surface area contributed by atoms with E-state index in [-0.39, 0.29) is 5.91 Å². The zero-order chi connectivity index (χ0) is 11.4. The summed E-state index contributed by atoms with van der Waals surface area (Å²) in [4.78, 5) is 12.9. The predicted octanol–water partition coefficient (Wildman–Crippen LogP) is 1.37. The van der Waals surface area contributed by atoms with E-state index < -0.39 is 0 Å². The molecule has 5 heteroatoms. The second-order valence-electron chi connectivity index (χ2n) is 3.38. The van der Waals surface area contributed by atoms with Crippen LogP contribution < -0.4 is 11.1 Å². The van der Waals surface area contributed by atoms with Crippen molar-refractivity contribution in [3.8, 4) is 0 Å². The van der Waals surface area contributed by atoms with Crippen LogP contribution in [0.15, 0.2) is 18.2 Å². The molecule has 1 amide bonds. The molecular weight excluding hydrogens is 305 g/mol. The molecule has 82 valence electrons. The molecule has 0 radical (unpaired) electrons. The van der Waals surface area contributed by atoms with E-state index >= 15 is 0 Å². The number of likely N-dealkylation sites (N-methyl/N-ethyl adjacent to an activating group) is 1. The Balaban J connectivity index is 2.62. The van der Waals surface area contributed by atoms with Crippen LogP contribution in [-0.2, 0) is 4.79 Å². The predicted molar refractivity (Wildman–Crippen MR) is 70.8 cm³/mol. The average Bonchev–Trinajstić information content (AvgIpc) is 2.15. The normalized spacial score (nSPS) is 9.80. The van der Waals surface area contributed by atoms with Crippen LogP contribution in [-0.4, -0.2) is 31.4 Å². The average molecular weight is 319 g/mol. The molecule has 0 unspecified atom stereocenters. The highest BCUT2D eigenvalue weighted by Gasteiger charge is 2.05. The highest BCUT2D eigenvalue weighted by Crippen LogP contribution is 2.20. The van der Waals surface area contributed by atoms with E-state index in [1.807, 2.05) is 18.2 Å². The summed E-state index contributed by atoms with van der Waals surface area (Å²) in [5.41, 5.74) is 7.28. The van der Waals surface area contributed by atoms with Crippen molar-refractivity contribution in [1.82, 2.24) is 4.90 Å². The first-order chi connectivity index (χ1) is 7.00. The van der Waals surface area contributed by atoms with Crippen LogP contribution in [0.2, 0.25) is 0 Å². The minimum atomic E-state index is 0.0441. The minimum absolute atomic E-state index is 0.0441. The largest absolute Gasteiger partial charge is 0.399 e. The van der Waals surface area contributed by atoms with Gasteiger partial charge in [0.15, 0.2) is 0 Å². The van der Waals surface area contributed by atoms with Gasteiger partial charge in [0, 0.05) is 29.0 Å². The van der Waals surface area contributed by atoms with Crippen LogP contribution in [0.1, 0.15) is 0 Å². The molecule has 0 saturated carbocycles. The number of anilines is 2. The van der Waals surface area contributed by atoms with E-state index in [1.54, 1.807) is 19.0 Å². The summed E-state index contributed by atoms with van der Waals surface area (Å²) in [6.45, 7) is 0.299. The third-order valence-corrected chi connectivity index (χ3v) is 2.81. The highest BCUT2D eigenvalue weighted by molar-refractivity contribution is 14.1. The molecule has 0 atom stereocenters. The Morgan fingerprint density at radius 1 is 1.53 bits per heavy atom. The van der Waals surface area contributed by atoms with Crippen molar-refractivity contribution in [2.75, 3.05) is 31.7 Å². The molecule has 0 saturated heterocycles. The number of amides is 1. The van der Waals surface area contributed by atoms with Gasteiger partial charge >= 0.3 is 0 Å². The number of carbonyl (C=O) groups is 1. The van der Waals surface area contributed by atoms with Gasteiger partial charge in [-0.25, -0.2) is 0 Å². The second kappa shape index (κ2) is 5.20. The maximum absolute atomic E-state index is 11.3. The van der Waals surface area contributed by atoms with Gasteiger partial charge in [0.1, 0.15) is 0 Å². The Labute approximate surface area is 103 Å². The van der Waals surface area contributed by atoms with Crippen LogP contribution in [0.4, 0.5) is 11.4 Å². The number of nitrogen functional groups attached to an aromatic ring is 1. The maximum atomic E-state index is 11.3. The first kappa shape index (κ1) is 12.1. The summed E-state index contributed by atoms with van der Waals surface area (Å²) in [5.74, 6) is 0.0441. The van der Waals surface area contributed by atoms with Crippen molar-refractivity contribution in [2.45, 2.75) is 0 Å². The van der Waals surface area contributed by atoms with E-state index in [1.165, 1.54) is 0 Å². The molecule has 1 aromatic carbocycles. The topological polar surface area (TPSA) is 58.4 Å². The van der Waals surface area contributed by atoms with E-state index in [0.29, 0.717) is 6.54 Å². The highest BCUT2D eigenvalue weighted by atomic mass is 127. The summed E-state index contributed by atoms with van der Waals surface area (Å²) in [7, 11) is 3.47. The number of carbonyl (C=O) groups excluding carboxylic acids is 1. The molecule has 3 N–H and O–H groups in total. The van der Waals surface area contributed by atoms with Crippen molar-refractivity contribution in [1.29, 1.82) is 0 Å². The van der Waals surface area contributed by atoms with Gasteiger partial charge in [-0.1, -0.05) is 0 Å². The fourth-order valence-corrected chi connectivity index (χ4v) is 1.73. The number of nitrogens with two attached hydrogens (primary N) is 1. The van der Waals surface area contributed by atoms with Crippen molar-refractivity contribution in [3.63, 3.8) is 0 Å². The summed E-state index contributed by atoms with van der Waals surface area (Å²) < 4.78 is 1.01. The van der Waals surface area contributed by atoms with Gasteiger partial charge in [0.25, 0.3) is 0 Å². The number of benzene rings is 1. The molecule has 0 heterocycles. The zero-order valence-corrected chi connectivity index (χ0v) is 10.9. The van der Waals surface area contributed by atoms with Crippen molar-refractivity contribution in [2.24, 2.45) is 0 Å². The third-order valence-electron chi connectivity index (χ3n) is 1.92. The standard InChI is InChI=1S/C10H14IN3O/c1-14(2)10(15)6-13-9-4-3-7(12)5-8(9)11/h3-5,13H,6,12H2,1-2H3. The van der Waals surface area contributed by atoms with Crippen LogP contribution in [0.25, 0.3) is 0 Å². The number of rotatable bonds is 3. The lowest BCUT2D eigenvalue weighted by molar-refractivity contribution is -0.126. The Morgan fingerprint density at radius 3 is 2.73 bits per heavy atom. The molecule has 0 spiro atoms. The molecule has 15 heavy (non-hydrogen) atoms. The monoisotopic (exact) mass is 319 g/mol. The SMILES string of the molecule is CN(C)C(=O)CNc1ccc(N)cc1I. The van der Waals surface area contributed by atoms with E-state index in [4.69, 9.17) is 5.73 Å². The van der Waals surface area contributed by atoms with Crippen molar-refractivity contribution < 1.29 is 4.79 Å². The first-order valence-electron chi connectivity index (χ1n) is 4.49. The van der Waals surface area contributed by atoms with Crippen LogP contribution >= 0.6 is 22.6 Å². The fourth-order valence-electron chi connectivity index (χ4n) is 1.00. The lowest BCUT2D eigenvalue weighted by Crippen LogP contribution is -2.28. The van der Waals surface area contributed by atoms with Gasteiger partial charge < -0.3 is 16.0 Å². The summed E-state index contributed by atoms with van der Waals surface area (Å²) in [6.07, 6.45) is 0. The Kier molecular flexibility index (Phi) is 4.19. The van der Waals surface area contributed by atoms with Crippen LogP contribution in [0.3, 0.4) is 0 Å². The summed E-state index contributed by atoms with van der Waals surface area (Å²) in [6, 6.07) is 5.55. The third kappa shape index (κ3) is 3.58. The molecule has 0 fully saturated rings. The Morgan fingerprint density at radius 2 is 2.20 bits per heavy atom. The van der Waals surface area contributed by atoms with Gasteiger partial charge in [-0.3, -0.25) is 4.79 Å². The Bertz CT molecular complexity index is 366. The van der Waals surface area contributed by atoms with Crippen LogP contribution in [0.5, 0.6) is 0 Å². The number of nitrogens with one attached hydrogen (secondary N) is 1. The van der Waals surface area contributed by atoms with Crippen LogP contribution in [0, 0.1) is 3.57 Å². The fraction of sp³-hybridized carbons (Fsp3) is 0.300. The lowest BCUT2D eigenvalue weighted by Gasteiger charge is -2.12. The maximum Gasteiger partial charge on any atom is 0.241 e. The number of halogens is 1. The van der Waals surface area contributed by atoms with Gasteiger partial charge in [0.2, 0.25) is 5.91 Å². The zero-order valence-electron chi connectivity index (χ0n) is 8.75. The van der Waals surface area contributed by atoms with Gasteiger partial charge in [-0.05, 0) is 40.8 Å². The van der Waals surface area contributed by atoms with E-state index in [2.05, 4.69) is 27.9 Å². The van der Waals surface area contributed by atoms with Crippen molar-refractivity contribution in [3.05, 3.63) is 21.8 Å². The van der Waals surface area contributed by atoms with E-state index in [0.717, 1.165) is 14.9 Å². The molecule has 0 aliphatic heterocycles. The molecule has 0 aliphatic rings. The number of hydrogen-bond acceptors (Lipinski definition) is 3. The van der Waals surface area contributed by atoms with Gasteiger partial charge in [-0.2, -0.15) is 0 Å². The molecule has 0 aromatic heterocycles.